The van der Waals surface area contributed by atoms with Crippen molar-refractivity contribution in [2.24, 2.45) is 0 Å². The highest BCUT2D eigenvalue weighted by Gasteiger charge is 2.16. The van der Waals surface area contributed by atoms with E-state index in [1.54, 1.807) is 26.0 Å². The van der Waals surface area contributed by atoms with Crippen LogP contribution in [0, 0.1) is 6.92 Å². The molecule has 2 aromatic carbocycles. The topological polar surface area (TPSA) is 81.7 Å². The van der Waals surface area contributed by atoms with Gasteiger partial charge in [0.2, 0.25) is 0 Å². The number of carbonyl (C=O) groups excluding carboxylic acids is 1. The molecule has 7 heteroatoms. The van der Waals surface area contributed by atoms with E-state index in [1.807, 2.05) is 6.92 Å². The van der Waals surface area contributed by atoms with Crippen molar-refractivity contribution in [2.45, 2.75) is 25.7 Å². The Morgan fingerprint density at radius 2 is 1.72 bits per heavy atom. The van der Waals surface area contributed by atoms with Gasteiger partial charge in [0.15, 0.2) is 0 Å². The van der Waals surface area contributed by atoms with E-state index >= 15 is 0 Å². The maximum absolute atomic E-state index is 12.5. The molecule has 0 radical (unpaired) electrons. The van der Waals surface area contributed by atoms with Crippen LogP contribution >= 0.6 is 0 Å². The third-order valence-corrected chi connectivity index (χ3v) is 4.78. The molecule has 0 fully saturated rings. The SMILES string of the molecule is CCOC(=O)c1ccc(NS(=O)(=O)c2ccc(OCC)c(C)c2)cc1. The Labute approximate surface area is 147 Å². The van der Waals surface area contributed by atoms with Crippen LogP contribution in [0.4, 0.5) is 5.69 Å². The smallest absolute Gasteiger partial charge is 0.338 e. The molecule has 0 aliphatic carbocycles. The molecule has 0 amide bonds. The second-order valence-electron chi connectivity index (χ2n) is 5.26. The minimum atomic E-state index is -3.73. The summed E-state index contributed by atoms with van der Waals surface area (Å²) in [5.74, 6) is 0.208. The molecular formula is C18H21NO5S. The number of sulfonamides is 1. The molecule has 0 unspecified atom stereocenters. The molecule has 0 aliphatic heterocycles. The predicted octanol–water partition coefficient (Wildman–Crippen LogP) is 3.37. The van der Waals surface area contributed by atoms with Gasteiger partial charge in [0.1, 0.15) is 5.75 Å². The van der Waals surface area contributed by atoms with E-state index in [-0.39, 0.29) is 11.5 Å². The number of esters is 1. The molecule has 0 spiro atoms. The summed E-state index contributed by atoms with van der Waals surface area (Å²) < 4.78 is 37.8. The second kappa shape index (κ2) is 8.02. The molecule has 0 aliphatic rings. The Morgan fingerprint density at radius 1 is 1.04 bits per heavy atom. The van der Waals surface area contributed by atoms with Crippen molar-refractivity contribution in [2.75, 3.05) is 17.9 Å². The summed E-state index contributed by atoms with van der Waals surface area (Å²) in [6.45, 7) is 6.17. The van der Waals surface area contributed by atoms with Gasteiger partial charge in [-0.05, 0) is 68.8 Å². The first-order chi connectivity index (χ1) is 11.9. The third-order valence-electron chi connectivity index (χ3n) is 3.40. The van der Waals surface area contributed by atoms with Crippen molar-refractivity contribution in [3.63, 3.8) is 0 Å². The summed E-state index contributed by atoms with van der Waals surface area (Å²) in [4.78, 5) is 11.8. The number of anilines is 1. The fourth-order valence-electron chi connectivity index (χ4n) is 2.21. The largest absolute Gasteiger partial charge is 0.494 e. The van der Waals surface area contributed by atoms with Gasteiger partial charge in [-0.3, -0.25) is 4.72 Å². The molecule has 2 rings (SSSR count). The molecule has 6 nitrogen and oxygen atoms in total. The van der Waals surface area contributed by atoms with Gasteiger partial charge in [-0.15, -0.1) is 0 Å². The van der Waals surface area contributed by atoms with Gasteiger partial charge in [-0.2, -0.15) is 0 Å². The zero-order valence-corrected chi connectivity index (χ0v) is 15.2. The molecule has 0 bridgehead atoms. The van der Waals surface area contributed by atoms with E-state index in [1.165, 1.54) is 30.3 Å². The van der Waals surface area contributed by atoms with Crippen LogP contribution < -0.4 is 9.46 Å². The fraction of sp³-hybridized carbons (Fsp3) is 0.278. The first kappa shape index (κ1) is 18.8. The van der Waals surface area contributed by atoms with Gasteiger partial charge in [-0.25, -0.2) is 13.2 Å². The standard InChI is InChI=1S/C18H21NO5S/c1-4-23-17-11-10-16(12-13(17)3)25(21,22)19-15-8-6-14(7-9-15)18(20)24-5-2/h6-12,19H,4-5H2,1-3H3. The monoisotopic (exact) mass is 363 g/mol. The van der Waals surface area contributed by atoms with Crippen LogP contribution in [0.3, 0.4) is 0 Å². The summed E-state index contributed by atoms with van der Waals surface area (Å²) in [6.07, 6.45) is 0. The normalized spacial score (nSPS) is 11.0. The first-order valence-electron chi connectivity index (χ1n) is 7.90. The van der Waals surface area contributed by atoms with Crippen molar-refractivity contribution in [1.82, 2.24) is 0 Å². The van der Waals surface area contributed by atoms with Crippen molar-refractivity contribution < 1.29 is 22.7 Å². The van der Waals surface area contributed by atoms with Crippen molar-refractivity contribution >= 4 is 21.7 Å². The van der Waals surface area contributed by atoms with Crippen LogP contribution in [0.15, 0.2) is 47.4 Å². The predicted molar refractivity (Wildman–Crippen MR) is 95.6 cm³/mol. The lowest BCUT2D eigenvalue weighted by molar-refractivity contribution is 0.0526. The third kappa shape index (κ3) is 4.73. The Morgan fingerprint density at radius 3 is 2.28 bits per heavy atom. The number of hydrogen-bond acceptors (Lipinski definition) is 5. The van der Waals surface area contributed by atoms with Crippen LogP contribution in [0.5, 0.6) is 5.75 Å². The molecule has 25 heavy (non-hydrogen) atoms. The number of nitrogens with one attached hydrogen (secondary N) is 1. The Hall–Kier alpha value is -2.54. The van der Waals surface area contributed by atoms with Gasteiger partial charge in [0.25, 0.3) is 10.0 Å². The number of carbonyl (C=O) groups is 1. The lowest BCUT2D eigenvalue weighted by Gasteiger charge is -2.11. The summed E-state index contributed by atoms with van der Waals surface area (Å²) in [5, 5.41) is 0. The van der Waals surface area contributed by atoms with Gasteiger partial charge >= 0.3 is 5.97 Å². The highest BCUT2D eigenvalue weighted by atomic mass is 32.2. The molecule has 0 saturated carbocycles. The van der Waals surface area contributed by atoms with E-state index in [2.05, 4.69) is 4.72 Å². The zero-order chi connectivity index (χ0) is 18.4. The summed E-state index contributed by atoms with van der Waals surface area (Å²) in [5.41, 5.74) is 1.46. The average molecular weight is 363 g/mol. The molecule has 0 atom stereocenters. The lowest BCUT2D eigenvalue weighted by Crippen LogP contribution is -2.13. The highest BCUT2D eigenvalue weighted by Crippen LogP contribution is 2.23. The number of aryl methyl sites for hydroxylation is 1. The molecule has 1 N–H and O–H groups in total. The average Bonchev–Trinajstić information content (AvgIpc) is 2.57. The molecule has 0 heterocycles. The van der Waals surface area contributed by atoms with E-state index < -0.39 is 16.0 Å². The Bertz CT molecular complexity index is 844. The van der Waals surface area contributed by atoms with Gasteiger partial charge in [0.05, 0.1) is 23.7 Å². The first-order valence-corrected chi connectivity index (χ1v) is 9.39. The van der Waals surface area contributed by atoms with Gasteiger partial charge < -0.3 is 9.47 Å². The number of ether oxygens (including phenoxy) is 2. The zero-order valence-electron chi connectivity index (χ0n) is 14.4. The quantitative estimate of drug-likeness (QED) is 0.763. The van der Waals surface area contributed by atoms with Crippen LogP contribution in [0.1, 0.15) is 29.8 Å². The van der Waals surface area contributed by atoms with Crippen LogP contribution in [-0.4, -0.2) is 27.6 Å². The van der Waals surface area contributed by atoms with Crippen molar-refractivity contribution in [1.29, 1.82) is 0 Å². The van der Waals surface area contributed by atoms with Crippen LogP contribution in [-0.2, 0) is 14.8 Å². The minimum Gasteiger partial charge on any atom is -0.494 e. The minimum absolute atomic E-state index is 0.142. The summed E-state index contributed by atoms with van der Waals surface area (Å²) in [6, 6.07) is 10.7. The van der Waals surface area contributed by atoms with E-state index in [0.717, 1.165) is 5.56 Å². The van der Waals surface area contributed by atoms with Gasteiger partial charge in [0, 0.05) is 5.69 Å². The van der Waals surface area contributed by atoms with E-state index in [9.17, 15) is 13.2 Å². The fourth-order valence-corrected chi connectivity index (χ4v) is 3.35. The Balaban J connectivity index is 2.18. The van der Waals surface area contributed by atoms with Crippen molar-refractivity contribution in [3.05, 3.63) is 53.6 Å². The molecular weight excluding hydrogens is 342 g/mol. The lowest BCUT2D eigenvalue weighted by atomic mass is 10.2. The number of benzene rings is 2. The second-order valence-corrected chi connectivity index (χ2v) is 6.95. The molecule has 2 aromatic rings. The van der Waals surface area contributed by atoms with E-state index in [0.29, 0.717) is 23.6 Å². The highest BCUT2D eigenvalue weighted by molar-refractivity contribution is 7.92. The van der Waals surface area contributed by atoms with Crippen LogP contribution in [0.25, 0.3) is 0 Å². The molecule has 0 saturated heterocycles. The van der Waals surface area contributed by atoms with Gasteiger partial charge in [-0.1, -0.05) is 0 Å². The Kier molecular flexibility index (Phi) is 6.03. The number of hydrogen-bond donors (Lipinski definition) is 1. The maximum Gasteiger partial charge on any atom is 0.338 e. The molecule has 0 aromatic heterocycles. The van der Waals surface area contributed by atoms with Crippen LogP contribution in [0.2, 0.25) is 0 Å². The summed E-state index contributed by atoms with van der Waals surface area (Å²) >= 11 is 0. The van der Waals surface area contributed by atoms with Crippen molar-refractivity contribution in [3.8, 4) is 5.75 Å². The number of rotatable bonds is 7. The maximum atomic E-state index is 12.5. The summed E-state index contributed by atoms with van der Waals surface area (Å²) in [7, 11) is -3.73. The van der Waals surface area contributed by atoms with E-state index in [4.69, 9.17) is 9.47 Å². The molecule has 134 valence electrons.